The number of hydrogen-bond acceptors (Lipinski definition) is 3. The number of hydrogen-bond donors (Lipinski definition) is 1. The zero-order valence-electron chi connectivity index (χ0n) is 5.13. The second kappa shape index (κ2) is 3.94. The highest BCUT2D eigenvalue weighted by molar-refractivity contribution is 6.67. The molecule has 0 saturated heterocycles. The van der Waals surface area contributed by atoms with Crippen LogP contribution in [-0.4, -0.2) is 21.4 Å². The summed E-state index contributed by atoms with van der Waals surface area (Å²) in [5, 5.41) is 2.54. The van der Waals surface area contributed by atoms with Crippen molar-refractivity contribution in [2.75, 3.05) is 6.54 Å². The van der Waals surface area contributed by atoms with E-state index in [0.717, 1.165) is 0 Å². The Morgan fingerprint density at radius 3 is 2.09 bits per heavy atom. The highest BCUT2D eigenvalue weighted by Crippen LogP contribution is 2.26. The lowest BCUT2D eigenvalue weighted by Gasteiger charge is -2.15. The number of amides is 2. The Morgan fingerprint density at radius 1 is 1.55 bits per heavy atom. The number of alkyl halides is 3. The zero-order chi connectivity index (χ0) is 9.07. The number of urea groups is 1. The average Bonchev–Trinajstić information content (AvgIpc) is 1.80. The van der Waals surface area contributed by atoms with Crippen molar-refractivity contribution in [3.63, 3.8) is 0 Å². The van der Waals surface area contributed by atoms with Gasteiger partial charge in [-0.25, -0.2) is 4.79 Å². The molecular formula is C3H4Cl3N3O2. The molecule has 0 rings (SSSR count). The van der Waals surface area contributed by atoms with E-state index in [-0.39, 0.29) is 0 Å². The largest absolute Gasteiger partial charge is 0.350 e. The quantitative estimate of drug-likeness (QED) is 0.434. The first-order valence-electron chi connectivity index (χ1n) is 2.34. The molecule has 0 bridgehead atoms. The molecule has 0 unspecified atom stereocenters. The zero-order valence-corrected chi connectivity index (χ0v) is 7.40. The number of carbonyl (C=O) groups is 1. The number of rotatable bonds is 2. The molecule has 0 aliphatic carbocycles. The van der Waals surface area contributed by atoms with Crippen molar-refractivity contribution in [3.8, 4) is 0 Å². The van der Waals surface area contributed by atoms with Crippen LogP contribution < -0.4 is 5.73 Å². The van der Waals surface area contributed by atoms with Crippen LogP contribution in [0.3, 0.4) is 0 Å². The van der Waals surface area contributed by atoms with E-state index >= 15 is 0 Å². The molecule has 0 atom stereocenters. The molecule has 2 amide bonds. The van der Waals surface area contributed by atoms with Crippen LogP contribution in [0.25, 0.3) is 0 Å². The van der Waals surface area contributed by atoms with E-state index in [1.165, 1.54) is 0 Å². The third-order valence-corrected chi connectivity index (χ3v) is 1.04. The predicted octanol–water partition coefficient (Wildman–Crippen LogP) is 1.42. The summed E-state index contributed by atoms with van der Waals surface area (Å²) in [7, 11) is 0. The molecule has 0 aromatic rings. The van der Waals surface area contributed by atoms with Crippen molar-refractivity contribution in [3.05, 3.63) is 4.91 Å². The average molecular weight is 220 g/mol. The molecule has 0 aromatic carbocycles. The number of nitrogens with zero attached hydrogens (tertiary/aromatic N) is 2. The lowest BCUT2D eigenvalue weighted by atomic mass is 10.7. The van der Waals surface area contributed by atoms with Gasteiger partial charge in [0.15, 0.2) is 0 Å². The Kier molecular flexibility index (Phi) is 3.85. The Balaban J connectivity index is 4.10. The van der Waals surface area contributed by atoms with E-state index in [4.69, 9.17) is 34.8 Å². The molecule has 0 spiro atoms. The minimum Gasteiger partial charge on any atom is -0.350 e. The van der Waals surface area contributed by atoms with Gasteiger partial charge in [-0.3, -0.25) is 0 Å². The topological polar surface area (TPSA) is 75.8 Å². The van der Waals surface area contributed by atoms with Gasteiger partial charge >= 0.3 is 6.03 Å². The maximum absolute atomic E-state index is 10.3. The van der Waals surface area contributed by atoms with Crippen LogP contribution in [-0.2, 0) is 0 Å². The van der Waals surface area contributed by atoms with Gasteiger partial charge in [-0.1, -0.05) is 34.8 Å². The Morgan fingerprint density at radius 2 is 2.00 bits per heavy atom. The van der Waals surface area contributed by atoms with E-state index < -0.39 is 16.4 Å². The molecule has 11 heavy (non-hydrogen) atoms. The Labute approximate surface area is 77.3 Å². The summed E-state index contributed by atoms with van der Waals surface area (Å²) in [6.45, 7) is -0.462. The van der Waals surface area contributed by atoms with Crippen molar-refractivity contribution in [2.45, 2.75) is 3.79 Å². The molecule has 0 aliphatic heterocycles. The van der Waals surface area contributed by atoms with Crippen molar-refractivity contribution in [1.29, 1.82) is 0 Å². The first-order chi connectivity index (χ1) is 4.87. The summed E-state index contributed by atoms with van der Waals surface area (Å²) in [6.07, 6.45) is 0. The second-order valence-corrected chi connectivity index (χ2v) is 4.11. The van der Waals surface area contributed by atoms with Gasteiger partial charge in [0.05, 0.1) is 11.8 Å². The molecule has 0 fully saturated rings. The molecule has 0 radical (unpaired) electrons. The Hall–Kier alpha value is -0.260. The lowest BCUT2D eigenvalue weighted by molar-refractivity contribution is 0.210. The summed E-state index contributed by atoms with van der Waals surface area (Å²) in [5.74, 6) is 0. The van der Waals surface area contributed by atoms with Gasteiger partial charge in [-0.05, 0) is 0 Å². The fourth-order valence-corrected chi connectivity index (χ4v) is 0.656. The van der Waals surface area contributed by atoms with Crippen molar-refractivity contribution >= 4 is 40.8 Å². The molecule has 0 aromatic heterocycles. The van der Waals surface area contributed by atoms with E-state index in [1.54, 1.807) is 0 Å². The summed E-state index contributed by atoms with van der Waals surface area (Å²) < 4.78 is -1.75. The second-order valence-electron chi connectivity index (χ2n) is 1.59. The van der Waals surface area contributed by atoms with Crippen LogP contribution in [0.1, 0.15) is 0 Å². The highest BCUT2D eigenvalue weighted by Gasteiger charge is 2.26. The van der Waals surface area contributed by atoms with E-state index in [9.17, 15) is 9.70 Å². The van der Waals surface area contributed by atoms with Crippen LogP contribution in [0.4, 0.5) is 4.79 Å². The van der Waals surface area contributed by atoms with Gasteiger partial charge in [0.1, 0.15) is 0 Å². The number of nitroso groups, excluding NO2 is 1. The third-order valence-electron chi connectivity index (χ3n) is 0.682. The minimum atomic E-state index is -1.75. The summed E-state index contributed by atoms with van der Waals surface area (Å²) in [4.78, 5) is 20.1. The first-order valence-corrected chi connectivity index (χ1v) is 3.47. The Bertz CT molecular complexity index is 168. The van der Waals surface area contributed by atoms with Crippen molar-refractivity contribution in [2.24, 2.45) is 11.0 Å². The van der Waals surface area contributed by atoms with Crippen LogP contribution in [0.5, 0.6) is 0 Å². The molecule has 2 N–H and O–H groups in total. The van der Waals surface area contributed by atoms with Gasteiger partial charge in [0, 0.05) is 0 Å². The van der Waals surface area contributed by atoms with Gasteiger partial charge in [-0.2, -0.15) is 5.01 Å². The van der Waals surface area contributed by atoms with Gasteiger partial charge < -0.3 is 5.73 Å². The van der Waals surface area contributed by atoms with Crippen LogP contribution in [0, 0.1) is 4.91 Å². The van der Waals surface area contributed by atoms with E-state index in [0.29, 0.717) is 5.01 Å². The fourth-order valence-electron chi connectivity index (χ4n) is 0.317. The predicted molar refractivity (Wildman–Crippen MR) is 42.4 cm³/mol. The van der Waals surface area contributed by atoms with Gasteiger partial charge in [-0.15, -0.1) is 4.91 Å². The normalized spacial score (nSPS) is 10.8. The molecule has 0 heterocycles. The standard InChI is InChI=1S/C3H4Cl3N3O2/c4-3(5,6)1-9(8-11)2(7)10/h1H2,(H2,7,10). The van der Waals surface area contributed by atoms with Gasteiger partial charge in [0.2, 0.25) is 3.79 Å². The summed E-state index contributed by atoms with van der Waals surface area (Å²) in [5.41, 5.74) is 4.67. The van der Waals surface area contributed by atoms with Gasteiger partial charge in [0.25, 0.3) is 0 Å². The number of nitrogens with two attached hydrogens (primary N) is 1. The van der Waals surface area contributed by atoms with Crippen molar-refractivity contribution < 1.29 is 4.79 Å². The van der Waals surface area contributed by atoms with Crippen LogP contribution >= 0.6 is 34.8 Å². The molecular weight excluding hydrogens is 216 g/mol. The third kappa shape index (κ3) is 5.06. The minimum absolute atomic E-state index is 0.312. The smallest absolute Gasteiger partial charge is 0.337 e. The van der Waals surface area contributed by atoms with E-state index in [1.807, 2.05) is 0 Å². The lowest BCUT2D eigenvalue weighted by Crippen LogP contribution is -2.36. The molecule has 0 aliphatic rings. The molecule has 8 heteroatoms. The van der Waals surface area contributed by atoms with Crippen LogP contribution in [0.15, 0.2) is 5.29 Å². The summed E-state index contributed by atoms with van der Waals surface area (Å²) in [6, 6.07) is -1.06. The maximum atomic E-state index is 10.3. The maximum Gasteiger partial charge on any atom is 0.337 e. The highest BCUT2D eigenvalue weighted by atomic mass is 35.6. The summed E-state index contributed by atoms with van der Waals surface area (Å²) >= 11 is 15.7. The monoisotopic (exact) mass is 219 g/mol. The SMILES string of the molecule is NC(=O)N(CC(Cl)(Cl)Cl)N=O. The fraction of sp³-hybridized carbons (Fsp3) is 0.667. The number of halogens is 3. The molecule has 64 valence electrons. The van der Waals surface area contributed by atoms with Crippen LogP contribution in [0.2, 0.25) is 0 Å². The first kappa shape index (κ1) is 10.7. The number of carbonyl (C=O) groups excluding carboxylic acids is 1. The number of primary amides is 1. The van der Waals surface area contributed by atoms with E-state index in [2.05, 4.69) is 11.0 Å². The molecule has 0 saturated carbocycles. The van der Waals surface area contributed by atoms with Crippen molar-refractivity contribution in [1.82, 2.24) is 5.01 Å². The molecule has 5 nitrogen and oxygen atoms in total.